The van der Waals surface area contributed by atoms with Gasteiger partial charge < -0.3 is 10.0 Å². The molecule has 202 valence electrons. The molecule has 0 radical (unpaired) electrons. The first-order valence-corrected chi connectivity index (χ1v) is 14.8. The van der Waals surface area contributed by atoms with E-state index in [1.54, 1.807) is 41.7 Å². The fourth-order valence-electron chi connectivity index (χ4n) is 5.32. The molecule has 2 aliphatic heterocycles. The quantitative estimate of drug-likeness (QED) is 0.203. The van der Waals surface area contributed by atoms with Crippen LogP contribution in [0.4, 0.5) is 11.4 Å². The number of carboxylic acids is 1. The Balaban J connectivity index is 1.31. The second-order valence-corrected chi connectivity index (χ2v) is 11.3. The van der Waals surface area contributed by atoms with Gasteiger partial charge in [-0.15, -0.1) is 11.3 Å². The molecule has 2 aromatic carbocycles. The lowest BCUT2D eigenvalue weighted by molar-refractivity contribution is -0.129. The highest BCUT2D eigenvalue weighted by atomic mass is 32.1. The Morgan fingerprint density at radius 1 is 1.03 bits per heavy atom. The molecule has 6 nitrogen and oxygen atoms in total. The summed E-state index contributed by atoms with van der Waals surface area (Å²) in [4.78, 5) is 29.5. The third kappa shape index (κ3) is 6.14. The molecule has 0 unspecified atom stereocenters. The first kappa shape index (κ1) is 26.9. The van der Waals surface area contributed by atoms with Crippen LogP contribution < -0.4 is 9.91 Å². The number of aliphatic carboxylic acids is 1. The maximum absolute atomic E-state index is 13.1. The van der Waals surface area contributed by atoms with Crippen molar-refractivity contribution in [2.45, 2.75) is 58.3 Å². The van der Waals surface area contributed by atoms with E-state index in [-0.39, 0.29) is 11.3 Å². The maximum atomic E-state index is 13.1. The van der Waals surface area contributed by atoms with E-state index in [2.05, 4.69) is 35.1 Å². The summed E-state index contributed by atoms with van der Waals surface area (Å²) in [5.41, 5.74) is 4.30. The highest BCUT2D eigenvalue weighted by Gasteiger charge is 2.35. The summed E-state index contributed by atoms with van der Waals surface area (Å²) < 4.78 is 0. The number of thiophene rings is 1. The van der Waals surface area contributed by atoms with Crippen LogP contribution in [0.2, 0.25) is 0 Å². The number of benzene rings is 2. The fraction of sp³-hybridized carbons (Fsp3) is 0.344. The Morgan fingerprint density at radius 3 is 2.62 bits per heavy atom. The number of aryl methyl sites for hydroxylation is 1. The van der Waals surface area contributed by atoms with E-state index in [1.165, 1.54) is 56.2 Å². The Morgan fingerprint density at radius 2 is 1.82 bits per heavy atom. The molecule has 0 fully saturated rings. The average molecular weight is 542 g/mol. The molecule has 0 atom stereocenters. The molecule has 0 aliphatic carbocycles. The number of amides is 1. The van der Waals surface area contributed by atoms with Crippen LogP contribution in [0.15, 0.2) is 71.3 Å². The van der Waals surface area contributed by atoms with Gasteiger partial charge in [0.25, 0.3) is 5.91 Å². The van der Waals surface area contributed by atoms with Crippen molar-refractivity contribution in [1.29, 1.82) is 0 Å². The third-order valence-corrected chi connectivity index (χ3v) is 8.44. The number of carbonyl (C=O) groups excluding carboxylic acids is 1. The number of hydrazone groups is 1. The molecule has 39 heavy (non-hydrogen) atoms. The second kappa shape index (κ2) is 12.4. The van der Waals surface area contributed by atoms with Gasteiger partial charge in [0, 0.05) is 28.5 Å². The predicted molar refractivity (Wildman–Crippen MR) is 161 cm³/mol. The smallest absolute Gasteiger partial charge is 0.357 e. The van der Waals surface area contributed by atoms with Crippen LogP contribution in [-0.2, 0) is 16.0 Å². The van der Waals surface area contributed by atoms with Gasteiger partial charge in [0.2, 0.25) is 0 Å². The number of carboxylic acid groups (broad SMARTS) is 1. The number of hydrogen-bond donors (Lipinski definition) is 1. The molecule has 3 aromatic rings. The molecule has 2 aliphatic rings. The van der Waals surface area contributed by atoms with Crippen LogP contribution in [-0.4, -0.2) is 35.8 Å². The molecule has 0 saturated heterocycles. The van der Waals surface area contributed by atoms with E-state index >= 15 is 0 Å². The van der Waals surface area contributed by atoms with Gasteiger partial charge in [-0.05, 0) is 72.9 Å². The number of fused-ring (bicyclic) bond motifs is 1. The molecular weight excluding hydrogens is 506 g/mol. The van der Waals surface area contributed by atoms with Gasteiger partial charge in [-0.2, -0.15) is 10.1 Å². The summed E-state index contributed by atoms with van der Waals surface area (Å²) in [6.07, 6.45) is 11.8. The summed E-state index contributed by atoms with van der Waals surface area (Å²) >= 11 is 1.55. The van der Waals surface area contributed by atoms with Gasteiger partial charge in [0.1, 0.15) is 0 Å². The minimum Gasteiger partial charge on any atom is -0.476 e. The summed E-state index contributed by atoms with van der Waals surface area (Å²) in [5, 5.41) is 15.0. The van der Waals surface area contributed by atoms with Gasteiger partial charge in [0.05, 0.1) is 11.3 Å². The van der Waals surface area contributed by atoms with Crippen molar-refractivity contribution >= 4 is 46.4 Å². The van der Waals surface area contributed by atoms with Gasteiger partial charge in [-0.25, -0.2) is 4.79 Å². The van der Waals surface area contributed by atoms with Crippen molar-refractivity contribution in [2.24, 2.45) is 5.10 Å². The molecular formula is C32H35N3O3S. The van der Waals surface area contributed by atoms with Gasteiger partial charge in [0.15, 0.2) is 5.71 Å². The molecule has 1 amide bonds. The zero-order valence-electron chi connectivity index (χ0n) is 22.4. The number of anilines is 2. The minimum atomic E-state index is -1.22. The van der Waals surface area contributed by atoms with Crippen molar-refractivity contribution in [3.63, 3.8) is 0 Å². The van der Waals surface area contributed by atoms with Crippen LogP contribution in [0, 0.1) is 0 Å². The van der Waals surface area contributed by atoms with Gasteiger partial charge in [-0.3, -0.25) is 4.79 Å². The zero-order chi connectivity index (χ0) is 27.2. The lowest BCUT2D eigenvalue weighted by Gasteiger charge is -2.31. The molecule has 7 heteroatoms. The number of carbonyl (C=O) groups is 2. The third-order valence-electron chi connectivity index (χ3n) is 7.36. The molecule has 3 heterocycles. The normalized spacial score (nSPS) is 16.1. The van der Waals surface area contributed by atoms with Crippen molar-refractivity contribution in [1.82, 2.24) is 0 Å². The Hall–Kier alpha value is -3.71. The van der Waals surface area contributed by atoms with Crippen LogP contribution in [0.3, 0.4) is 0 Å². The van der Waals surface area contributed by atoms with Crippen molar-refractivity contribution in [2.75, 3.05) is 23.0 Å². The number of hydrogen-bond acceptors (Lipinski definition) is 5. The average Bonchev–Trinajstić information content (AvgIpc) is 3.56. The minimum absolute atomic E-state index is 0.0931. The molecule has 0 spiro atoms. The topological polar surface area (TPSA) is 73.2 Å². The van der Waals surface area contributed by atoms with Crippen LogP contribution in [0.1, 0.15) is 62.3 Å². The monoisotopic (exact) mass is 541 g/mol. The summed E-state index contributed by atoms with van der Waals surface area (Å²) in [5.74, 6) is -1.65. The Bertz CT molecular complexity index is 1390. The molecule has 0 saturated carbocycles. The summed E-state index contributed by atoms with van der Waals surface area (Å²) in [7, 11) is 0. The standard InChI is InChI=1S/C32H35N3O3S/c1-2-3-4-5-6-10-19-34-20-11-12-23-21-24(15-17-28(23)34)29-18-16-26(39-29)22-27-30(32(37)38)33-35(31(27)36)25-13-8-7-9-14-25/h7-9,13-18,21-22H,2-6,10-12,19-20H2,1H3,(H,37,38)/b27-22-. The summed E-state index contributed by atoms with van der Waals surface area (Å²) in [6.45, 7) is 4.50. The highest BCUT2D eigenvalue weighted by Crippen LogP contribution is 2.36. The number of rotatable bonds is 11. The van der Waals surface area contributed by atoms with E-state index < -0.39 is 11.9 Å². The first-order chi connectivity index (χ1) is 19.0. The lowest BCUT2D eigenvalue weighted by Crippen LogP contribution is -2.30. The Labute approximate surface area is 234 Å². The van der Waals surface area contributed by atoms with Crippen molar-refractivity contribution in [3.8, 4) is 10.4 Å². The van der Waals surface area contributed by atoms with Crippen LogP contribution in [0.5, 0.6) is 0 Å². The molecule has 1 aromatic heterocycles. The number of nitrogens with zero attached hydrogens (tertiary/aromatic N) is 3. The Kier molecular flexibility index (Phi) is 8.57. The van der Waals surface area contributed by atoms with Crippen molar-refractivity contribution < 1.29 is 14.7 Å². The van der Waals surface area contributed by atoms with Crippen LogP contribution >= 0.6 is 11.3 Å². The fourth-order valence-corrected chi connectivity index (χ4v) is 6.27. The van der Waals surface area contributed by atoms with E-state index in [1.807, 2.05) is 18.2 Å². The molecule has 1 N–H and O–H groups in total. The zero-order valence-corrected chi connectivity index (χ0v) is 23.3. The second-order valence-electron chi connectivity index (χ2n) is 10.2. The van der Waals surface area contributed by atoms with Gasteiger partial charge in [-0.1, -0.05) is 63.3 Å². The van der Waals surface area contributed by atoms with Crippen molar-refractivity contribution in [3.05, 3.63) is 76.7 Å². The highest BCUT2D eigenvalue weighted by molar-refractivity contribution is 7.16. The SMILES string of the molecule is CCCCCCCCN1CCCc2cc(-c3ccc(/C=C4\C(=O)N(c5ccccc5)N=C4C(=O)O)s3)ccc21. The van der Waals surface area contributed by atoms with E-state index in [0.717, 1.165) is 39.8 Å². The molecule has 0 bridgehead atoms. The predicted octanol–water partition coefficient (Wildman–Crippen LogP) is 7.40. The first-order valence-electron chi connectivity index (χ1n) is 14.0. The largest absolute Gasteiger partial charge is 0.476 e. The molecule has 5 rings (SSSR count). The van der Waals surface area contributed by atoms with E-state index in [9.17, 15) is 14.7 Å². The van der Waals surface area contributed by atoms with Gasteiger partial charge >= 0.3 is 5.97 Å². The summed E-state index contributed by atoms with van der Waals surface area (Å²) in [6, 6.07) is 19.6. The number of para-hydroxylation sites is 1. The van der Waals surface area contributed by atoms with E-state index in [0.29, 0.717) is 5.69 Å². The maximum Gasteiger partial charge on any atom is 0.357 e. The van der Waals surface area contributed by atoms with E-state index in [4.69, 9.17) is 0 Å². The number of unbranched alkanes of at least 4 members (excludes halogenated alkanes) is 5. The lowest BCUT2D eigenvalue weighted by atomic mass is 9.98. The van der Waals surface area contributed by atoms with Crippen LogP contribution in [0.25, 0.3) is 16.5 Å².